The van der Waals surface area contributed by atoms with E-state index in [1.54, 1.807) is 14.2 Å². The van der Waals surface area contributed by atoms with Crippen LogP contribution in [0.1, 0.15) is 18.4 Å². The molecule has 29 heavy (non-hydrogen) atoms. The number of thioether (sulfide) groups is 1. The normalized spacial score (nSPS) is 17.3. The Balaban J connectivity index is 1.34. The van der Waals surface area contributed by atoms with Crippen molar-refractivity contribution in [2.45, 2.75) is 36.0 Å². The maximum Gasteiger partial charge on any atom is 0.206 e. The largest absolute Gasteiger partial charge is 0.493 e. The lowest BCUT2D eigenvalue weighted by molar-refractivity contribution is 0.0397. The lowest BCUT2D eigenvalue weighted by Gasteiger charge is -2.12. The van der Waals surface area contributed by atoms with Crippen LogP contribution in [0.25, 0.3) is 0 Å². The molecule has 1 fully saturated rings. The molecule has 2 heterocycles. The van der Waals surface area contributed by atoms with Crippen LogP contribution >= 0.6 is 23.1 Å². The highest BCUT2D eigenvalue weighted by Crippen LogP contribution is 2.28. The second kappa shape index (κ2) is 11.6. The quantitative estimate of drug-likeness (QED) is 0.482. The summed E-state index contributed by atoms with van der Waals surface area (Å²) in [6.07, 6.45) is 1.88. The van der Waals surface area contributed by atoms with Crippen LogP contribution in [0.3, 0.4) is 0 Å². The summed E-state index contributed by atoms with van der Waals surface area (Å²) in [5.41, 5.74) is 0.952. The van der Waals surface area contributed by atoms with Crippen molar-refractivity contribution in [3.63, 3.8) is 0 Å². The highest BCUT2D eigenvalue weighted by molar-refractivity contribution is 8.01. The maximum absolute atomic E-state index is 10.2. The van der Waals surface area contributed by atoms with Gasteiger partial charge in [-0.15, -0.1) is 10.2 Å². The highest BCUT2D eigenvalue weighted by Gasteiger charge is 2.16. The fourth-order valence-corrected chi connectivity index (χ4v) is 4.54. The summed E-state index contributed by atoms with van der Waals surface area (Å²) in [5.74, 6) is 1.83. The van der Waals surface area contributed by atoms with Gasteiger partial charge in [0.15, 0.2) is 15.8 Å². The first kappa shape index (κ1) is 22.1. The van der Waals surface area contributed by atoms with Gasteiger partial charge >= 0.3 is 0 Å². The zero-order chi connectivity index (χ0) is 20.5. The van der Waals surface area contributed by atoms with Crippen molar-refractivity contribution in [3.05, 3.63) is 23.8 Å². The van der Waals surface area contributed by atoms with Gasteiger partial charge in [-0.25, -0.2) is 0 Å². The van der Waals surface area contributed by atoms with Gasteiger partial charge in [0.25, 0.3) is 0 Å². The van der Waals surface area contributed by atoms with Crippen LogP contribution in [0.15, 0.2) is 22.5 Å². The third-order valence-corrected chi connectivity index (χ3v) is 6.50. The van der Waals surface area contributed by atoms with Crippen molar-refractivity contribution in [2.24, 2.45) is 0 Å². The molecular formula is C19H27N3O5S2. The van der Waals surface area contributed by atoms with Gasteiger partial charge in [-0.2, -0.15) is 0 Å². The molecule has 1 aliphatic rings. The molecule has 2 aromatic rings. The second-order valence-electron chi connectivity index (χ2n) is 6.56. The Morgan fingerprint density at radius 2 is 2.17 bits per heavy atom. The molecular weight excluding hydrogens is 414 g/mol. The number of aliphatic hydroxyl groups excluding tert-OH is 1. The van der Waals surface area contributed by atoms with E-state index in [0.29, 0.717) is 23.9 Å². The Bertz CT molecular complexity index is 755. The van der Waals surface area contributed by atoms with Gasteiger partial charge in [-0.3, -0.25) is 0 Å². The number of ether oxygens (including phenoxy) is 4. The standard InChI is InChI=1S/C19H27N3O5S2/c1-24-16-6-5-13(8-17(16)25-2)10-26-11-14(23)12-28-19-22-21-18(29-19)20-9-15-4-3-7-27-15/h5-6,8,14-15,23H,3-4,7,9-12H2,1-2H3,(H,20,21). The van der Waals surface area contributed by atoms with Crippen LogP contribution in [-0.2, 0) is 16.1 Å². The summed E-state index contributed by atoms with van der Waals surface area (Å²) >= 11 is 2.95. The van der Waals surface area contributed by atoms with Crippen LogP contribution in [-0.4, -0.2) is 67.2 Å². The van der Waals surface area contributed by atoms with Crippen molar-refractivity contribution in [3.8, 4) is 11.5 Å². The predicted octanol–water partition coefficient (Wildman–Crippen LogP) is 2.82. The Morgan fingerprint density at radius 1 is 1.31 bits per heavy atom. The first-order chi connectivity index (χ1) is 14.2. The lowest BCUT2D eigenvalue weighted by atomic mass is 10.2. The molecule has 0 bridgehead atoms. The summed E-state index contributed by atoms with van der Waals surface area (Å²) in [5, 5.41) is 22.5. The van der Waals surface area contributed by atoms with Crippen LogP contribution in [0.4, 0.5) is 5.13 Å². The summed E-state index contributed by atoms with van der Waals surface area (Å²) < 4.78 is 22.5. The molecule has 2 N–H and O–H groups in total. The average Bonchev–Trinajstić information content (AvgIpc) is 3.42. The number of nitrogens with one attached hydrogen (secondary N) is 1. The number of aliphatic hydroxyl groups is 1. The third-order valence-electron chi connectivity index (χ3n) is 4.34. The SMILES string of the molecule is COc1ccc(COCC(O)CSc2nnc(NCC3CCCO3)s2)cc1OC. The molecule has 1 aromatic carbocycles. The molecule has 0 spiro atoms. The average molecular weight is 442 g/mol. The van der Waals surface area contributed by atoms with Gasteiger partial charge in [0, 0.05) is 18.9 Å². The molecule has 1 saturated heterocycles. The summed E-state index contributed by atoms with van der Waals surface area (Å²) in [6, 6.07) is 5.62. The van der Waals surface area contributed by atoms with E-state index < -0.39 is 6.10 Å². The number of aromatic nitrogens is 2. The number of hydrogen-bond acceptors (Lipinski definition) is 10. The van der Waals surface area contributed by atoms with Crippen LogP contribution in [0.2, 0.25) is 0 Å². The Morgan fingerprint density at radius 3 is 2.93 bits per heavy atom. The first-order valence-corrected chi connectivity index (χ1v) is 11.3. The molecule has 0 amide bonds. The fraction of sp³-hybridized carbons (Fsp3) is 0.579. The fourth-order valence-electron chi connectivity index (χ4n) is 2.84. The van der Waals surface area contributed by atoms with Crippen molar-refractivity contribution < 1.29 is 24.1 Å². The van der Waals surface area contributed by atoms with Crippen molar-refractivity contribution in [1.82, 2.24) is 10.2 Å². The number of benzene rings is 1. The van der Waals surface area contributed by atoms with E-state index >= 15 is 0 Å². The molecule has 1 aromatic heterocycles. The van der Waals surface area contributed by atoms with E-state index in [9.17, 15) is 5.11 Å². The number of hydrogen-bond donors (Lipinski definition) is 2. The van der Waals surface area contributed by atoms with E-state index in [4.69, 9.17) is 18.9 Å². The Kier molecular flexibility index (Phi) is 8.81. The van der Waals surface area contributed by atoms with Gasteiger partial charge in [0.2, 0.25) is 5.13 Å². The zero-order valence-corrected chi connectivity index (χ0v) is 18.3. The van der Waals surface area contributed by atoms with Crippen LogP contribution in [0.5, 0.6) is 11.5 Å². The van der Waals surface area contributed by atoms with Crippen LogP contribution < -0.4 is 14.8 Å². The smallest absolute Gasteiger partial charge is 0.206 e. The third kappa shape index (κ3) is 7.00. The highest BCUT2D eigenvalue weighted by atomic mass is 32.2. The van der Waals surface area contributed by atoms with Crippen molar-refractivity contribution in [1.29, 1.82) is 0 Å². The number of methoxy groups -OCH3 is 2. The second-order valence-corrected chi connectivity index (χ2v) is 8.80. The molecule has 10 heteroatoms. The summed E-state index contributed by atoms with van der Waals surface area (Å²) in [7, 11) is 3.20. The van der Waals surface area contributed by atoms with Gasteiger partial charge in [-0.1, -0.05) is 29.2 Å². The van der Waals surface area contributed by atoms with Crippen molar-refractivity contribution in [2.75, 3.05) is 45.0 Å². The Labute approximate surface area is 178 Å². The minimum atomic E-state index is -0.590. The minimum absolute atomic E-state index is 0.240. The lowest BCUT2D eigenvalue weighted by Crippen LogP contribution is -2.18. The first-order valence-electron chi connectivity index (χ1n) is 9.46. The molecule has 0 radical (unpaired) electrons. The van der Waals surface area contributed by atoms with Crippen LogP contribution in [0, 0.1) is 0 Å². The zero-order valence-electron chi connectivity index (χ0n) is 16.6. The predicted molar refractivity (Wildman–Crippen MR) is 113 cm³/mol. The molecule has 0 saturated carbocycles. The number of anilines is 1. The summed E-state index contributed by atoms with van der Waals surface area (Å²) in [6.45, 7) is 2.23. The molecule has 2 unspecified atom stereocenters. The molecule has 160 valence electrons. The van der Waals surface area contributed by atoms with Gasteiger partial charge < -0.3 is 29.4 Å². The maximum atomic E-state index is 10.2. The number of rotatable bonds is 12. The van der Waals surface area contributed by atoms with E-state index in [0.717, 1.165) is 41.0 Å². The number of nitrogens with zero attached hydrogens (tertiary/aromatic N) is 2. The van der Waals surface area contributed by atoms with Gasteiger partial charge in [0.1, 0.15) is 0 Å². The van der Waals surface area contributed by atoms with E-state index in [-0.39, 0.29) is 12.7 Å². The monoisotopic (exact) mass is 441 g/mol. The Hall–Kier alpha value is -1.59. The summed E-state index contributed by atoms with van der Waals surface area (Å²) in [4.78, 5) is 0. The van der Waals surface area contributed by atoms with Gasteiger partial charge in [0.05, 0.1) is 39.6 Å². The molecule has 8 nitrogen and oxygen atoms in total. The van der Waals surface area contributed by atoms with Crippen molar-refractivity contribution >= 4 is 28.2 Å². The minimum Gasteiger partial charge on any atom is -0.493 e. The van der Waals surface area contributed by atoms with E-state index in [2.05, 4.69) is 15.5 Å². The molecule has 0 aliphatic carbocycles. The molecule has 1 aliphatic heterocycles. The topological polar surface area (TPSA) is 95.0 Å². The molecule has 2 atom stereocenters. The van der Waals surface area contributed by atoms with E-state index in [1.165, 1.54) is 23.1 Å². The van der Waals surface area contributed by atoms with E-state index in [1.807, 2.05) is 18.2 Å². The van der Waals surface area contributed by atoms with Gasteiger partial charge in [-0.05, 0) is 30.5 Å². The molecule has 3 rings (SSSR count).